The summed E-state index contributed by atoms with van der Waals surface area (Å²) in [5, 5.41) is 19.5. The van der Waals surface area contributed by atoms with Crippen molar-refractivity contribution in [2.75, 3.05) is 5.01 Å². The quantitative estimate of drug-likeness (QED) is 0.394. The predicted octanol–water partition coefficient (Wildman–Crippen LogP) is 5.82. The smallest absolute Gasteiger partial charge is 0.336 e. The number of aromatic nitrogens is 1. The van der Waals surface area contributed by atoms with Crippen LogP contribution < -0.4 is 5.01 Å². The number of halogens is 2. The lowest BCUT2D eigenvalue weighted by Gasteiger charge is -2.14. The molecule has 0 saturated heterocycles. The number of anilines is 1. The second-order valence-electron chi connectivity index (χ2n) is 6.35. The van der Waals surface area contributed by atoms with Crippen molar-refractivity contribution in [2.45, 2.75) is 18.9 Å². The number of aromatic carboxylic acids is 1. The zero-order valence-electron chi connectivity index (χ0n) is 14.5. The standard InChI is InChI=1S/C20H15Cl2N3O2S/c21-13-6-5-12(16(9-13)19(26)27)10-23-25(14-7-8-14)20-24-18(11-28-20)15-3-1-2-4-17(15)22/h1-6,9-11,14H,7-8H2,(H,26,27). The molecular formula is C20H15Cl2N3O2S. The molecule has 1 aliphatic rings. The van der Waals surface area contributed by atoms with Crippen LogP contribution >= 0.6 is 34.5 Å². The molecule has 0 amide bonds. The zero-order chi connectivity index (χ0) is 19.7. The largest absolute Gasteiger partial charge is 0.478 e. The van der Waals surface area contributed by atoms with E-state index in [0.29, 0.717) is 15.6 Å². The molecule has 0 spiro atoms. The van der Waals surface area contributed by atoms with Crippen molar-refractivity contribution in [1.82, 2.24) is 4.98 Å². The Morgan fingerprint density at radius 3 is 2.75 bits per heavy atom. The second kappa shape index (κ2) is 7.91. The van der Waals surface area contributed by atoms with Gasteiger partial charge in [-0.1, -0.05) is 47.5 Å². The number of benzene rings is 2. The van der Waals surface area contributed by atoms with E-state index < -0.39 is 5.97 Å². The third kappa shape index (κ3) is 4.04. The minimum absolute atomic E-state index is 0.114. The second-order valence-corrected chi connectivity index (χ2v) is 8.03. The van der Waals surface area contributed by atoms with E-state index >= 15 is 0 Å². The summed E-state index contributed by atoms with van der Waals surface area (Å²) < 4.78 is 0. The highest BCUT2D eigenvalue weighted by molar-refractivity contribution is 7.14. The van der Waals surface area contributed by atoms with Crippen LogP contribution in [0.15, 0.2) is 52.9 Å². The molecule has 1 heterocycles. The van der Waals surface area contributed by atoms with Crippen LogP contribution in [-0.2, 0) is 0 Å². The van der Waals surface area contributed by atoms with Crippen molar-refractivity contribution < 1.29 is 9.90 Å². The highest BCUT2D eigenvalue weighted by Gasteiger charge is 2.31. The molecule has 5 nitrogen and oxygen atoms in total. The summed E-state index contributed by atoms with van der Waals surface area (Å²) >= 11 is 13.7. The van der Waals surface area contributed by atoms with Crippen LogP contribution in [0.5, 0.6) is 0 Å². The molecule has 142 valence electrons. The van der Waals surface area contributed by atoms with Gasteiger partial charge in [0.25, 0.3) is 0 Å². The highest BCUT2D eigenvalue weighted by Crippen LogP contribution is 2.37. The van der Waals surface area contributed by atoms with Crippen LogP contribution in [-0.4, -0.2) is 28.3 Å². The fraction of sp³-hybridized carbons (Fsp3) is 0.150. The van der Waals surface area contributed by atoms with Crippen LogP contribution in [0.4, 0.5) is 5.13 Å². The third-order valence-electron chi connectivity index (χ3n) is 4.30. The molecule has 3 aromatic rings. The van der Waals surface area contributed by atoms with Gasteiger partial charge >= 0.3 is 5.97 Å². The van der Waals surface area contributed by atoms with Crippen molar-refractivity contribution in [2.24, 2.45) is 5.10 Å². The maximum Gasteiger partial charge on any atom is 0.336 e. The summed E-state index contributed by atoms with van der Waals surface area (Å²) in [5.41, 5.74) is 2.27. The van der Waals surface area contributed by atoms with Crippen LogP contribution in [0, 0.1) is 0 Å². The summed E-state index contributed by atoms with van der Waals surface area (Å²) in [6.45, 7) is 0. The Morgan fingerprint density at radius 2 is 2.04 bits per heavy atom. The van der Waals surface area contributed by atoms with Gasteiger partial charge in [-0.25, -0.2) is 14.8 Å². The third-order valence-corrected chi connectivity index (χ3v) is 5.69. The summed E-state index contributed by atoms with van der Waals surface area (Å²) in [6.07, 6.45) is 3.59. The average molecular weight is 432 g/mol. The summed E-state index contributed by atoms with van der Waals surface area (Å²) in [4.78, 5) is 16.2. The van der Waals surface area contributed by atoms with E-state index in [2.05, 4.69) is 5.10 Å². The molecule has 1 N–H and O–H groups in total. The van der Waals surface area contributed by atoms with Gasteiger partial charge < -0.3 is 5.11 Å². The lowest BCUT2D eigenvalue weighted by molar-refractivity contribution is 0.0696. The number of thiazole rings is 1. The molecule has 2 aromatic carbocycles. The van der Waals surface area contributed by atoms with E-state index in [1.54, 1.807) is 18.3 Å². The zero-order valence-corrected chi connectivity index (χ0v) is 16.9. The molecule has 1 aromatic heterocycles. The van der Waals surface area contributed by atoms with Crippen molar-refractivity contribution >= 4 is 51.9 Å². The number of rotatable bonds is 6. The predicted molar refractivity (Wildman–Crippen MR) is 114 cm³/mol. The van der Waals surface area contributed by atoms with Crippen LogP contribution in [0.2, 0.25) is 10.0 Å². The molecule has 4 rings (SSSR count). The number of carboxylic acids is 1. The van der Waals surface area contributed by atoms with E-state index in [-0.39, 0.29) is 11.6 Å². The number of hydrogen-bond acceptors (Lipinski definition) is 5. The molecule has 0 atom stereocenters. The van der Waals surface area contributed by atoms with E-state index in [1.807, 2.05) is 34.7 Å². The van der Waals surface area contributed by atoms with Crippen molar-refractivity contribution in [3.8, 4) is 11.3 Å². The van der Waals surface area contributed by atoms with E-state index in [4.69, 9.17) is 28.2 Å². The Hall–Kier alpha value is -2.41. The van der Waals surface area contributed by atoms with Gasteiger partial charge in [0, 0.05) is 26.6 Å². The van der Waals surface area contributed by atoms with Crippen LogP contribution in [0.3, 0.4) is 0 Å². The molecule has 0 unspecified atom stereocenters. The molecule has 0 radical (unpaired) electrons. The lowest BCUT2D eigenvalue weighted by atomic mass is 10.1. The van der Waals surface area contributed by atoms with Crippen LogP contribution in [0.25, 0.3) is 11.3 Å². The molecule has 28 heavy (non-hydrogen) atoms. The first kappa shape index (κ1) is 18.9. The minimum atomic E-state index is -1.04. The van der Waals surface area contributed by atoms with Gasteiger partial charge in [-0.15, -0.1) is 11.3 Å². The maximum atomic E-state index is 11.5. The summed E-state index contributed by atoms with van der Waals surface area (Å²) in [7, 11) is 0. The van der Waals surface area contributed by atoms with E-state index in [0.717, 1.165) is 29.2 Å². The number of carboxylic acid groups (broad SMARTS) is 1. The first-order valence-electron chi connectivity index (χ1n) is 8.59. The van der Waals surface area contributed by atoms with Gasteiger partial charge in [-0.05, 0) is 31.0 Å². The molecule has 1 saturated carbocycles. The number of hydrazone groups is 1. The highest BCUT2D eigenvalue weighted by atomic mass is 35.5. The fourth-order valence-corrected chi connectivity index (χ4v) is 3.99. The van der Waals surface area contributed by atoms with Gasteiger partial charge in [0.05, 0.1) is 23.5 Å². The average Bonchev–Trinajstić information content (AvgIpc) is 3.40. The monoisotopic (exact) mass is 431 g/mol. The lowest BCUT2D eigenvalue weighted by Crippen LogP contribution is -2.19. The fourth-order valence-electron chi connectivity index (χ4n) is 2.73. The topological polar surface area (TPSA) is 65.8 Å². The van der Waals surface area contributed by atoms with Crippen molar-refractivity contribution in [3.05, 3.63) is 69.0 Å². The van der Waals surface area contributed by atoms with Crippen molar-refractivity contribution in [3.63, 3.8) is 0 Å². The molecule has 1 aliphatic carbocycles. The van der Waals surface area contributed by atoms with Gasteiger partial charge in [-0.3, -0.25) is 0 Å². The summed E-state index contributed by atoms with van der Waals surface area (Å²) in [5.74, 6) is -1.04. The SMILES string of the molecule is O=C(O)c1cc(Cl)ccc1C=NN(c1nc(-c2ccccc2Cl)cs1)C1CC1. The van der Waals surface area contributed by atoms with Gasteiger partial charge in [-0.2, -0.15) is 5.10 Å². The molecule has 0 aliphatic heterocycles. The number of hydrogen-bond donors (Lipinski definition) is 1. The Bertz CT molecular complexity index is 1060. The van der Waals surface area contributed by atoms with Crippen LogP contribution in [0.1, 0.15) is 28.8 Å². The normalized spacial score (nSPS) is 13.8. The van der Waals surface area contributed by atoms with Crippen molar-refractivity contribution in [1.29, 1.82) is 0 Å². The number of carbonyl (C=O) groups is 1. The Morgan fingerprint density at radius 1 is 1.25 bits per heavy atom. The molecule has 0 bridgehead atoms. The maximum absolute atomic E-state index is 11.5. The van der Waals surface area contributed by atoms with Gasteiger partial charge in [0.15, 0.2) is 0 Å². The molecular weight excluding hydrogens is 417 g/mol. The van der Waals surface area contributed by atoms with E-state index in [1.165, 1.54) is 17.4 Å². The first-order chi connectivity index (χ1) is 13.5. The molecule has 8 heteroatoms. The Labute approximate surface area is 175 Å². The summed E-state index contributed by atoms with van der Waals surface area (Å²) in [6, 6.07) is 12.6. The molecule has 1 fully saturated rings. The van der Waals surface area contributed by atoms with E-state index in [9.17, 15) is 9.90 Å². The first-order valence-corrected chi connectivity index (χ1v) is 10.2. The number of nitrogens with zero attached hydrogens (tertiary/aromatic N) is 3. The Kier molecular flexibility index (Phi) is 5.35. The Balaban J connectivity index is 1.64. The minimum Gasteiger partial charge on any atom is -0.478 e. The van der Waals surface area contributed by atoms with Gasteiger partial charge in [0.1, 0.15) is 0 Å². The van der Waals surface area contributed by atoms with Gasteiger partial charge in [0.2, 0.25) is 5.13 Å².